The number of hydrogen-bond acceptors (Lipinski definition) is 4. The maximum absolute atomic E-state index is 9.07. The fourth-order valence-electron chi connectivity index (χ4n) is 2.14. The second-order valence-electron chi connectivity index (χ2n) is 4.26. The van der Waals surface area contributed by atoms with Gasteiger partial charge in [-0.15, -0.1) is 0 Å². The van der Waals surface area contributed by atoms with Crippen molar-refractivity contribution < 1.29 is 14.7 Å². The first-order valence-electron chi connectivity index (χ1n) is 5.70. The summed E-state index contributed by atoms with van der Waals surface area (Å²) < 4.78 is 10.9. The predicted molar refractivity (Wildman–Crippen MR) is 64.8 cm³/mol. The van der Waals surface area contributed by atoms with E-state index in [9.17, 15) is 0 Å². The summed E-state index contributed by atoms with van der Waals surface area (Å²) >= 11 is 0. The monoisotopic (exact) mass is 235 g/mol. The van der Waals surface area contributed by atoms with Crippen molar-refractivity contribution in [2.45, 2.75) is 25.4 Å². The number of hydrogen-bond donors (Lipinski definition) is 1. The Morgan fingerprint density at radius 1 is 1.35 bits per heavy atom. The Morgan fingerprint density at radius 3 is 2.65 bits per heavy atom. The number of ether oxygens (including phenoxy) is 2. The molecule has 1 N–H and O–H groups in total. The van der Waals surface area contributed by atoms with Gasteiger partial charge in [0.25, 0.3) is 0 Å². The molecule has 1 unspecified atom stereocenters. The fraction of sp³-hybridized carbons (Fsp3) is 0.462. The van der Waals surface area contributed by atoms with E-state index in [1.807, 2.05) is 31.2 Å². The van der Waals surface area contributed by atoms with Gasteiger partial charge in [0, 0.05) is 6.61 Å². The lowest BCUT2D eigenvalue weighted by atomic mass is 9.86. The maximum atomic E-state index is 9.07. The predicted octanol–water partition coefficient (Wildman–Crippen LogP) is 2.55. The minimum absolute atomic E-state index is 0.626. The summed E-state index contributed by atoms with van der Waals surface area (Å²) in [5.74, 6) is 0.802. The minimum atomic E-state index is -0.626. The number of oxime groups is 1. The van der Waals surface area contributed by atoms with Gasteiger partial charge in [-0.3, -0.25) is 0 Å². The Kier molecular flexibility index (Phi) is 3.33. The van der Waals surface area contributed by atoms with Crippen LogP contribution in [0.2, 0.25) is 0 Å². The van der Waals surface area contributed by atoms with Gasteiger partial charge in [-0.1, -0.05) is 17.3 Å². The third-order valence-electron chi connectivity index (χ3n) is 3.26. The lowest BCUT2D eigenvalue weighted by Crippen LogP contribution is -2.39. The summed E-state index contributed by atoms with van der Waals surface area (Å²) in [5.41, 5.74) is 1.03. The lowest BCUT2D eigenvalue weighted by Gasteiger charge is -2.34. The smallest absolute Gasteiger partial charge is 0.132 e. The van der Waals surface area contributed by atoms with Crippen molar-refractivity contribution in [3.63, 3.8) is 0 Å². The molecule has 0 radical (unpaired) electrons. The molecule has 0 spiro atoms. The Bertz CT molecular complexity index is 413. The summed E-state index contributed by atoms with van der Waals surface area (Å²) in [5, 5.41) is 12.5. The van der Waals surface area contributed by atoms with Crippen molar-refractivity contribution in [1.82, 2.24) is 0 Å². The SMILES string of the molecule is COc1ccc(C2(C)OCCCC2=NO)cc1. The average molecular weight is 235 g/mol. The van der Waals surface area contributed by atoms with Crippen LogP contribution in [0, 0.1) is 0 Å². The van der Waals surface area contributed by atoms with E-state index in [2.05, 4.69) is 5.16 Å². The first kappa shape index (κ1) is 11.9. The third-order valence-corrected chi connectivity index (χ3v) is 3.26. The standard InChI is InChI=1S/C13H17NO3/c1-13(12(14-15)4-3-9-17-13)10-5-7-11(16-2)8-6-10/h5-8,15H,3-4,9H2,1-2H3. The zero-order valence-electron chi connectivity index (χ0n) is 10.1. The molecule has 1 atom stereocenters. The van der Waals surface area contributed by atoms with Gasteiger partial charge < -0.3 is 14.7 Å². The molecule has 1 saturated heterocycles. The highest BCUT2D eigenvalue weighted by atomic mass is 16.5. The molecule has 1 heterocycles. The molecule has 1 aliphatic heterocycles. The van der Waals surface area contributed by atoms with Crippen LogP contribution >= 0.6 is 0 Å². The topological polar surface area (TPSA) is 51.0 Å². The van der Waals surface area contributed by atoms with Gasteiger partial charge >= 0.3 is 0 Å². The third kappa shape index (κ3) is 2.13. The molecule has 4 nitrogen and oxygen atoms in total. The molecule has 1 aromatic rings. The van der Waals surface area contributed by atoms with Gasteiger partial charge in [0.05, 0.1) is 12.8 Å². The second kappa shape index (κ2) is 4.75. The Balaban J connectivity index is 2.34. The number of nitrogens with zero attached hydrogens (tertiary/aromatic N) is 1. The van der Waals surface area contributed by atoms with Crippen molar-refractivity contribution in [3.05, 3.63) is 29.8 Å². The molecule has 2 rings (SSSR count). The van der Waals surface area contributed by atoms with E-state index < -0.39 is 5.60 Å². The first-order valence-corrected chi connectivity index (χ1v) is 5.70. The zero-order chi connectivity index (χ0) is 12.3. The van der Waals surface area contributed by atoms with Gasteiger partial charge in [-0.25, -0.2) is 0 Å². The number of rotatable bonds is 2. The van der Waals surface area contributed by atoms with Crippen molar-refractivity contribution in [2.75, 3.05) is 13.7 Å². The summed E-state index contributed by atoms with van der Waals surface area (Å²) in [4.78, 5) is 0. The van der Waals surface area contributed by atoms with E-state index >= 15 is 0 Å². The van der Waals surface area contributed by atoms with Crippen molar-refractivity contribution in [2.24, 2.45) is 5.16 Å². The molecular formula is C13H17NO3. The lowest BCUT2D eigenvalue weighted by molar-refractivity contribution is -0.000625. The molecule has 92 valence electrons. The molecule has 4 heteroatoms. The average Bonchev–Trinajstić information content (AvgIpc) is 2.39. The highest BCUT2D eigenvalue weighted by Crippen LogP contribution is 2.33. The maximum Gasteiger partial charge on any atom is 0.132 e. The van der Waals surface area contributed by atoms with Crippen LogP contribution in [-0.4, -0.2) is 24.6 Å². The summed E-state index contributed by atoms with van der Waals surface area (Å²) in [6.07, 6.45) is 1.66. The van der Waals surface area contributed by atoms with Crippen LogP contribution in [0.5, 0.6) is 5.75 Å². The van der Waals surface area contributed by atoms with E-state index in [-0.39, 0.29) is 0 Å². The van der Waals surface area contributed by atoms with E-state index in [1.165, 1.54) is 0 Å². The van der Waals surface area contributed by atoms with Crippen molar-refractivity contribution >= 4 is 5.71 Å². The fourth-order valence-corrected chi connectivity index (χ4v) is 2.14. The highest BCUT2D eigenvalue weighted by Gasteiger charge is 2.36. The zero-order valence-corrected chi connectivity index (χ0v) is 10.1. The van der Waals surface area contributed by atoms with Crippen LogP contribution in [-0.2, 0) is 10.3 Å². The summed E-state index contributed by atoms with van der Waals surface area (Å²) in [6.45, 7) is 2.62. The van der Waals surface area contributed by atoms with Gasteiger partial charge in [-0.05, 0) is 37.5 Å². The van der Waals surface area contributed by atoms with E-state index in [1.54, 1.807) is 7.11 Å². The molecule has 0 aromatic heterocycles. The van der Waals surface area contributed by atoms with Crippen LogP contribution in [0.3, 0.4) is 0 Å². The van der Waals surface area contributed by atoms with E-state index in [4.69, 9.17) is 14.7 Å². The molecule has 0 aliphatic carbocycles. The molecule has 1 aliphatic rings. The van der Waals surface area contributed by atoms with Crippen molar-refractivity contribution in [3.8, 4) is 5.75 Å². The van der Waals surface area contributed by atoms with Crippen LogP contribution in [0.15, 0.2) is 29.4 Å². The molecule has 0 bridgehead atoms. The first-order chi connectivity index (χ1) is 8.20. The molecular weight excluding hydrogens is 218 g/mol. The number of benzene rings is 1. The molecule has 1 aromatic carbocycles. The second-order valence-corrected chi connectivity index (χ2v) is 4.26. The normalized spacial score (nSPS) is 27.1. The van der Waals surface area contributed by atoms with Crippen LogP contribution in [0.1, 0.15) is 25.3 Å². The summed E-state index contributed by atoms with van der Waals surface area (Å²) in [6, 6.07) is 7.64. The highest BCUT2D eigenvalue weighted by molar-refractivity contribution is 5.93. The molecule has 0 amide bonds. The number of methoxy groups -OCH3 is 1. The minimum Gasteiger partial charge on any atom is -0.497 e. The quantitative estimate of drug-likeness (QED) is 0.633. The Labute approximate surface area is 101 Å². The van der Waals surface area contributed by atoms with Crippen LogP contribution < -0.4 is 4.74 Å². The van der Waals surface area contributed by atoms with Crippen molar-refractivity contribution in [1.29, 1.82) is 0 Å². The molecule has 1 fully saturated rings. The molecule has 17 heavy (non-hydrogen) atoms. The molecule has 0 saturated carbocycles. The van der Waals surface area contributed by atoms with Crippen LogP contribution in [0.4, 0.5) is 0 Å². The van der Waals surface area contributed by atoms with Gasteiger partial charge in [0.2, 0.25) is 0 Å². The van der Waals surface area contributed by atoms with Gasteiger partial charge in [0.15, 0.2) is 0 Å². The van der Waals surface area contributed by atoms with E-state index in [0.717, 1.165) is 24.2 Å². The van der Waals surface area contributed by atoms with E-state index in [0.29, 0.717) is 12.3 Å². The van der Waals surface area contributed by atoms with Gasteiger partial charge in [0.1, 0.15) is 11.4 Å². The summed E-state index contributed by atoms with van der Waals surface area (Å²) in [7, 11) is 1.63. The Hall–Kier alpha value is -1.55. The Morgan fingerprint density at radius 2 is 2.06 bits per heavy atom. The van der Waals surface area contributed by atoms with Crippen LogP contribution in [0.25, 0.3) is 0 Å². The van der Waals surface area contributed by atoms with Gasteiger partial charge in [-0.2, -0.15) is 0 Å². The largest absolute Gasteiger partial charge is 0.497 e.